The van der Waals surface area contributed by atoms with Crippen molar-refractivity contribution in [3.8, 4) is 0 Å². The third-order valence-corrected chi connectivity index (χ3v) is 9.74. The van der Waals surface area contributed by atoms with Crippen LogP contribution >= 0.6 is 0 Å². The maximum Gasteiger partial charge on any atom is 0.0866 e. The van der Waals surface area contributed by atoms with E-state index in [4.69, 9.17) is 0 Å². The highest BCUT2D eigenvalue weighted by molar-refractivity contribution is 5.59. The van der Waals surface area contributed by atoms with Crippen LogP contribution in [0.4, 0.5) is 5.69 Å². The van der Waals surface area contributed by atoms with Crippen molar-refractivity contribution in [3.63, 3.8) is 0 Å². The van der Waals surface area contributed by atoms with Gasteiger partial charge in [-0.3, -0.25) is 4.90 Å². The van der Waals surface area contributed by atoms with E-state index in [1.54, 1.807) is 11.1 Å². The van der Waals surface area contributed by atoms with Gasteiger partial charge >= 0.3 is 0 Å². The van der Waals surface area contributed by atoms with E-state index in [2.05, 4.69) is 79.1 Å². The van der Waals surface area contributed by atoms with Crippen LogP contribution in [0.3, 0.4) is 0 Å². The number of fused-ring (bicyclic) bond motifs is 3. The van der Waals surface area contributed by atoms with Crippen molar-refractivity contribution in [1.29, 1.82) is 0 Å². The summed E-state index contributed by atoms with van der Waals surface area (Å²) in [6.45, 7) is 7.46. The van der Waals surface area contributed by atoms with Crippen molar-refractivity contribution in [1.82, 2.24) is 4.90 Å². The number of hydrogen-bond acceptors (Lipinski definition) is 2. The number of nitrogens with zero attached hydrogens (tertiary/aromatic N) is 2. The van der Waals surface area contributed by atoms with Crippen LogP contribution in [0, 0.1) is 18.8 Å². The Morgan fingerprint density at radius 1 is 0.812 bits per heavy atom. The molecule has 2 aliphatic carbocycles. The van der Waals surface area contributed by atoms with Crippen LogP contribution in [0.1, 0.15) is 94.4 Å². The molecule has 0 radical (unpaired) electrons. The lowest BCUT2D eigenvalue weighted by molar-refractivity contribution is -0.00492. The molecule has 2 aromatic carbocycles. The fraction of sp³-hybridized carbons (Fsp3) is 0.600. The maximum atomic E-state index is 3.07. The Morgan fingerprint density at radius 3 is 2.22 bits per heavy atom. The van der Waals surface area contributed by atoms with Crippen molar-refractivity contribution < 1.29 is 0 Å². The van der Waals surface area contributed by atoms with E-state index >= 15 is 0 Å². The van der Waals surface area contributed by atoms with Gasteiger partial charge in [0.25, 0.3) is 0 Å². The lowest BCUT2D eigenvalue weighted by Gasteiger charge is -2.49. The zero-order valence-electron chi connectivity index (χ0n) is 20.3. The Labute approximate surface area is 195 Å². The van der Waals surface area contributed by atoms with Crippen LogP contribution in [-0.4, -0.2) is 17.1 Å². The second-order valence-corrected chi connectivity index (χ2v) is 11.3. The quantitative estimate of drug-likeness (QED) is 0.497. The van der Waals surface area contributed by atoms with E-state index in [1.807, 2.05) is 0 Å². The molecular formula is C30H40N2. The summed E-state index contributed by atoms with van der Waals surface area (Å²) in [5.41, 5.74) is 6.32. The average Bonchev–Trinajstić information content (AvgIpc) is 3.52. The molecule has 0 amide bonds. The van der Waals surface area contributed by atoms with E-state index in [0.717, 1.165) is 11.8 Å². The lowest BCUT2D eigenvalue weighted by Crippen LogP contribution is -2.54. The Kier molecular flexibility index (Phi) is 5.13. The maximum absolute atomic E-state index is 3.07. The smallest absolute Gasteiger partial charge is 0.0866 e. The van der Waals surface area contributed by atoms with Gasteiger partial charge in [-0.2, -0.15) is 0 Å². The van der Waals surface area contributed by atoms with Gasteiger partial charge in [-0.15, -0.1) is 0 Å². The first kappa shape index (κ1) is 20.8. The molecule has 2 nitrogen and oxygen atoms in total. The number of aryl methyl sites for hydroxylation is 1. The highest BCUT2D eigenvalue weighted by Gasteiger charge is 2.62. The van der Waals surface area contributed by atoms with Gasteiger partial charge in [0.2, 0.25) is 0 Å². The minimum atomic E-state index is 0.158. The summed E-state index contributed by atoms with van der Waals surface area (Å²) < 4.78 is 0. The summed E-state index contributed by atoms with van der Waals surface area (Å²) in [6, 6.07) is 19.7. The van der Waals surface area contributed by atoms with Crippen molar-refractivity contribution in [2.75, 3.05) is 4.90 Å². The summed E-state index contributed by atoms with van der Waals surface area (Å²) in [5.74, 6) is 1.55. The molecular weight excluding hydrogens is 388 g/mol. The Balaban J connectivity index is 1.54. The summed E-state index contributed by atoms with van der Waals surface area (Å²) in [7, 11) is 0. The molecule has 170 valence electrons. The standard InChI is InChI=1S/C30H40N2/c1-21-13-7-12-20-27(21)31-22(2)28-25-18-10-11-19-26(25)30(3,24-16-8-9-17-24)32(28)29(31)23-14-5-4-6-15-23/h7,10-13,18-20,22-24,28-29H,4-6,8-9,14-17H2,1-3H3/t22-,28?,29?,30?/m0/s1. The van der Waals surface area contributed by atoms with E-state index < -0.39 is 0 Å². The molecule has 3 unspecified atom stereocenters. The summed E-state index contributed by atoms with van der Waals surface area (Å²) in [4.78, 5) is 5.94. The molecule has 2 aromatic rings. The van der Waals surface area contributed by atoms with E-state index in [1.165, 1.54) is 69.0 Å². The Morgan fingerprint density at radius 2 is 1.47 bits per heavy atom. The minimum absolute atomic E-state index is 0.158. The third kappa shape index (κ3) is 2.87. The van der Waals surface area contributed by atoms with E-state index in [-0.39, 0.29) is 5.54 Å². The SMILES string of the molecule is Cc1ccccc1N1C(C2CCCCC2)N2C(c3ccccc3C2(C)C2CCCC2)[C@@H]1C. The molecule has 1 saturated heterocycles. The van der Waals surface area contributed by atoms with Gasteiger partial charge in [0, 0.05) is 17.3 Å². The van der Waals surface area contributed by atoms with E-state index in [0.29, 0.717) is 18.2 Å². The van der Waals surface area contributed by atoms with Crippen LogP contribution in [0.5, 0.6) is 0 Å². The molecule has 0 spiro atoms. The fourth-order valence-electron chi connectivity index (χ4n) is 8.27. The molecule has 4 atom stereocenters. The second kappa shape index (κ2) is 7.90. The highest BCUT2D eigenvalue weighted by atomic mass is 15.5. The van der Waals surface area contributed by atoms with Gasteiger partial charge in [0.05, 0.1) is 12.2 Å². The van der Waals surface area contributed by atoms with Crippen LogP contribution < -0.4 is 4.90 Å². The molecule has 4 aliphatic rings. The van der Waals surface area contributed by atoms with Gasteiger partial charge in [0.1, 0.15) is 0 Å². The molecule has 0 aromatic heterocycles. The number of hydrogen-bond donors (Lipinski definition) is 0. The van der Waals surface area contributed by atoms with Crippen LogP contribution in [0.25, 0.3) is 0 Å². The molecule has 32 heavy (non-hydrogen) atoms. The van der Waals surface area contributed by atoms with Crippen molar-refractivity contribution in [2.24, 2.45) is 11.8 Å². The largest absolute Gasteiger partial charge is 0.351 e. The third-order valence-electron chi connectivity index (χ3n) is 9.74. The second-order valence-electron chi connectivity index (χ2n) is 11.3. The molecule has 2 aliphatic heterocycles. The first-order valence-corrected chi connectivity index (χ1v) is 13.3. The van der Waals surface area contributed by atoms with Crippen molar-refractivity contribution in [2.45, 2.75) is 102 Å². The molecule has 0 bridgehead atoms. The normalized spacial score (nSPS) is 33.6. The van der Waals surface area contributed by atoms with Gasteiger partial charge in [-0.05, 0) is 81.0 Å². The number of para-hydroxylation sites is 1. The molecule has 2 heterocycles. The van der Waals surface area contributed by atoms with Crippen LogP contribution in [0.15, 0.2) is 48.5 Å². The predicted molar refractivity (Wildman–Crippen MR) is 134 cm³/mol. The van der Waals surface area contributed by atoms with E-state index in [9.17, 15) is 0 Å². The predicted octanol–water partition coefficient (Wildman–Crippen LogP) is 7.57. The fourth-order valence-corrected chi connectivity index (χ4v) is 8.27. The topological polar surface area (TPSA) is 6.48 Å². The summed E-state index contributed by atoms with van der Waals surface area (Å²) in [6.07, 6.45) is 13.1. The zero-order chi connectivity index (χ0) is 21.9. The number of benzene rings is 2. The number of rotatable bonds is 3. The molecule has 3 fully saturated rings. The molecule has 2 saturated carbocycles. The molecule has 2 heteroatoms. The number of anilines is 1. The van der Waals surface area contributed by atoms with Gasteiger partial charge in [-0.1, -0.05) is 74.6 Å². The Hall–Kier alpha value is -1.80. The Bertz CT molecular complexity index is 970. The molecule has 0 N–H and O–H groups in total. The monoisotopic (exact) mass is 428 g/mol. The van der Waals surface area contributed by atoms with Crippen molar-refractivity contribution in [3.05, 3.63) is 65.2 Å². The van der Waals surface area contributed by atoms with Crippen molar-refractivity contribution >= 4 is 5.69 Å². The summed E-state index contributed by atoms with van der Waals surface area (Å²) >= 11 is 0. The molecule has 6 rings (SSSR count). The lowest BCUT2D eigenvalue weighted by atomic mass is 9.76. The minimum Gasteiger partial charge on any atom is -0.351 e. The average molecular weight is 429 g/mol. The van der Waals surface area contributed by atoms with Crippen LogP contribution in [0.2, 0.25) is 0 Å². The van der Waals surface area contributed by atoms with Gasteiger partial charge in [-0.25, -0.2) is 0 Å². The van der Waals surface area contributed by atoms with Crippen LogP contribution in [-0.2, 0) is 5.54 Å². The first-order chi connectivity index (χ1) is 15.6. The highest BCUT2D eigenvalue weighted by Crippen LogP contribution is 2.61. The van der Waals surface area contributed by atoms with Gasteiger partial charge in [0.15, 0.2) is 0 Å². The summed E-state index contributed by atoms with van der Waals surface area (Å²) in [5, 5.41) is 0. The van der Waals surface area contributed by atoms with Gasteiger partial charge < -0.3 is 4.90 Å². The first-order valence-electron chi connectivity index (χ1n) is 13.3. The zero-order valence-corrected chi connectivity index (χ0v) is 20.3.